The topological polar surface area (TPSA) is 41.1 Å². The Hall–Kier alpha value is -2.13. The molecule has 1 heterocycles. The Morgan fingerprint density at radius 2 is 1.73 bits per heavy atom. The Balaban J connectivity index is 1.74. The lowest BCUT2D eigenvalue weighted by Crippen LogP contribution is -2.25. The van der Waals surface area contributed by atoms with Gasteiger partial charge in [0, 0.05) is 12.1 Å². The Bertz CT molecular complexity index is 779. The first kappa shape index (κ1) is 18.7. The average molecular weight is 351 g/mol. The maximum atomic E-state index is 12.0. The van der Waals surface area contributed by atoms with Crippen LogP contribution < -0.4 is 10.9 Å². The highest BCUT2D eigenvalue weighted by Crippen LogP contribution is 2.27. The number of hydrazine groups is 1. The molecule has 0 aromatic heterocycles. The first-order chi connectivity index (χ1) is 12.8. The van der Waals surface area contributed by atoms with Gasteiger partial charge in [0.25, 0.3) is 5.91 Å². The van der Waals surface area contributed by atoms with E-state index in [0.717, 1.165) is 12.0 Å². The van der Waals surface area contributed by atoms with Crippen LogP contribution in [0, 0.1) is 0 Å². The molecule has 1 aliphatic rings. The number of carbonyl (C=O) groups excluding carboxylic acids is 1. The number of fused-ring (bicyclic) bond motifs is 1. The van der Waals surface area contributed by atoms with Crippen molar-refractivity contribution in [3.05, 3.63) is 53.1 Å². The molecule has 1 fully saturated rings. The van der Waals surface area contributed by atoms with Crippen molar-refractivity contribution in [1.82, 2.24) is 10.9 Å². The molecule has 0 atom stereocenters. The van der Waals surface area contributed by atoms with Crippen molar-refractivity contribution < 1.29 is 4.79 Å². The first-order valence-electron chi connectivity index (χ1n) is 10.0. The summed E-state index contributed by atoms with van der Waals surface area (Å²) in [7, 11) is 0. The monoisotopic (exact) mass is 350 g/mol. The van der Waals surface area contributed by atoms with Crippen molar-refractivity contribution in [2.75, 3.05) is 6.54 Å². The van der Waals surface area contributed by atoms with Crippen LogP contribution in [0.5, 0.6) is 0 Å². The van der Waals surface area contributed by atoms with Crippen LogP contribution in [0.3, 0.4) is 0 Å². The van der Waals surface area contributed by atoms with E-state index in [4.69, 9.17) is 0 Å². The molecular weight excluding hydrogens is 320 g/mol. The number of carbonyl (C=O) groups is 1. The molecule has 3 rings (SSSR count). The number of nitrogens with one attached hydrogen (secondary N) is 2. The Labute approximate surface area is 156 Å². The van der Waals surface area contributed by atoms with Crippen LogP contribution in [0.25, 0.3) is 16.8 Å². The Morgan fingerprint density at radius 1 is 0.962 bits per heavy atom. The second-order valence-electron chi connectivity index (χ2n) is 7.21. The Kier molecular flexibility index (Phi) is 6.84. The van der Waals surface area contributed by atoms with Crippen LogP contribution in [0.2, 0.25) is 0 Å². The zero-order valence-electron chi connectivity index (χ0n) is 15.8. The number of aryl methyl sites for hydroxylation is 1. The second kappa shape index (κ2) is 9.54. The molecule has 1 aliphatic heterocycles. The lowest BCUT2D eigenvalue weighted by atomic mass is 9.93. The highest BCUT2D eigenvalue weighted by Gasteiger charge is 2.17. The van der Waals surface area contributed by atoms with Gasteiger partial charge < -0.3 is 0 Å². The standard InChI is InChI=1S/C23H30N2O/c1-2-3-4-5-6-7-8-11-19-15-14-18-12-9-10-13-21(18)22(19)16-20-17-24-25-23(20)26/h9-10,12-16,24H,2-8,11,17H2,1H3,(H,25,26)/b20-16+. The minimum atomic E-state index is -0.0141. The summed E-state index contributed by atoms with van der Waals surface area (Å²) in [5, 5.41) is 2.47. The van der Waals surface area contributed by atoms with Gasteiger partial charge in [-0.25, -0.2) is 5.43 Å². The number of benzene rings is 2. The summed E-state index contributed by atoms with van der Waals surface area (Å²) in [5.41, 5.74) is 8.97. The van der Waals surface area contributed by atoms with Gasteiger partial charge in [-0.2, -0.15) is 0 Å². The zero-order chi connectivity index (χ0) is 18.2. The molecule has 0 radical (unpaired) electrons. The van der Waals surface area contributed by atoms with Crippen molar-refractivity contribution in [3.63, 3.8) is 0 Å². The summed E-state index contributed by atoms with van der Waals surface area (Å²) in [6, 6.07) is 12.9. The van der Waals surface area contributed by atoms with E-state index in [1.807, 2.05) is 0 Å². The molecule has 0 saturated carbocycles. The molecule has 26 heavy (non-hydrogen) atoms. The molecule has 2 aromatic rings. The number of unbranched alkanes of at least 4 members (excludes halogenated alkanes) is 6. The van der Waals surface area contributed by atoms with Gasteiger partial charge in [0.2, 0.25) is 0 Å². The van der Waals surface area contributed by atoms with Gasteiger partial charge >= 0.3 is 0 Å². The molecule has 138 valence electrons. The van der Waals surface area contributed by atoms with Crippen LogP contribution in [0.1, 0.15) is 63.0 Å². The fourth-order valence-electron chi connectivity index (χ4n) is 3.67. The molecule has 0 spiro atoms. The molecule has 1 saturated heterocycles. The van der Waals surface area contributed by atoms with E-state index < -0.39 is 0 Å². The highest BCUT2D eigenvalue weighted by molar-refractivity contribution is 6.03. The van der Waals surface area contributed by atoms with Gasteiger partial charge in [-0.05, 0) is 40.8 Å². The smallest absolute Gasteiger partial charge is 0.262 e. The molecule has 2 N–H and O–H groups in total. The molecule has 1 amide bonds. The van der Waals surface area contributed by atoms with E-state index in [0.29, 0.717) is 6.54 Å². The predicted octanol–water partition coefficient (Wildman–Crippen LogP) is 5.15. The number of hydrogen-bond acceptors (Lipinski definition) is 2. The van der Waals surface area contributed by atoms with Gasteiger partial charge in [-0.1, -0.05) is 81.8 Å². The molecule has 3 nitrogen and oxygen atoms in total. The summed E-state index contributed by atoms with van der Waals surface area (Å²) in [5.74, 6) is -0.0141. The number of rotatable bonds is 9. The third-order valence-corrected chi connectivity index (χ3v) is 5.20. The largest absolute Gasteiger partial charge is 0.287 e. The SMILES string of the molecule is CCCCCCCCCc1ccc2ccccc2c1/C=C1\CNNC1=O. The van der Waals surface area contributed by atoms with Crippen LogP contribution >= 0.6 is 0 Å². The summed E-state index contributed by atoms with van der Waals surface area (Å²) in [4.78, 5) is 12.0. The normalized spacial score (nSPS) is 15.7. The molecule has 0 aliphatic carbocycles. The van der Waals surface area contributed by atoms with Crippen LogP contribution in [-0.4, -0.2) is 12.5 Å². The molecule has 3 heteroatoms. The maximum Gasteiger partial charge on any atom is 0.262 e. The maximum absolute atomic E-state index is 12.0. The second-order valence-corrected chi connectivity index (χ2v) is 7.21. The van der Waals surface area contributed by atoms with E-state index in [2.05, 4.69) is 60.2 Å². The van der Waals surface area contributed by atoms with Crippen molar-refractivity contribution in [1.29, 1.82) is 0 Å². The van der Waals surface area contributed by atoms with Gasteiger partial charge in [0.1, 0.15) is 0 Å². The van der Waals surface area contributed by atoms with Gasteiger partial charge in [-0.15, -0.1) is 0 Å². The molecule has 2 aromatic carbocycles. The number of hydrogen-bond donors (Lipinski definition) is 2. The average Bonchev–Trinajstić information content (AvgIpc) is 3.07. The fourth-order valence-corrected chi connectivity index (χ4v) is 3.67. The van der Waals surface area contributed by atoms with Gasteiger partial charge in [-0.3, -0.25) is 10.2 Å². The summed E-state index contributed by atoms with van der Waals surface area (Å²) in [6.45, 7) is 2.84. The summed E-state index contributed by atoms with van der Waals surface area (Å²) in [6.07, 6.45) is 12.4. The molecule has 0 bridgehead atoms. The molecule has 0 unspecified atom stereocenters. The predicted molar refractivity (Wildman–Crippen MR) is 110 cm³/mol. The van der Waals surface area contributed by atoms with Crippen molar-refractivity contribution in [2.24, 2.45) is 0 Å². The van der Waals surface area contributed by atoms with Gasteiger partial charge in [0.05, 0.1) is 0 Å². The van der Waals surface area contributed by atoms with E-state index in [1.165, 1.54) is 66.8 Å². The third-order valence-electron chi connectivity index (χ3n) is 5.20. The van der Waals surface area contributed by atoms with E-state index >= 15 is 0 Å². The van der Waals surface area contributed by atoms with Gasteiger partial charge in [0.15, 0.2) is 0 Å². The van der Waals surface area contributed by atoms with Crippen LogP contribution in [0.4, 0.5) is 0 Å². The van der Waals surface area contributed by atoms with Crippen molar-refractivity contribution in [3.8, 4) is 0 Å². The summed E-state index contributed by atoms with van der Waals surface area (Å²) >= 11 is 0. The van der Waals surface area contributed by atoms with Crippen molar-refractivity contribution in [2.45, 2.75) is 58.3 Å². The highest BCUT2D eigenvalue weighted by atomic mass is 16.2. The summed E-state index contributed by atoms with van der Waals surface area (Å²) < 4.78 is 0. The molecular formula is C23H30N2O. The zero-order valence-corrected chi connectivity index (χ0v) is 15.8. The lowest BCUT2D eigenvalue weighted by molar-refractivity contribution is -0.116. The van der Waals surface area contributed by atoms with E-state index in [1.54, 1.807) is 0 Å². The van der Waals surface area contributed by atoms with Crippen LogP contribution in [-0.2, 0) is 11.2 Å². The lowest BCUT2D eigenvalue weighted by Gasteiger charge is -2.11. The minimum Gasteiger partial charge on any atom is -0.287 e. The number of amides is 1. The Morgan fingerprint density at radius 3 is 2.50 bits per heavy atom. The third kappa shape index (κ3) is 4.73. The van der Waals surface area contributed by atoms with Crippen LogP contribution in [0.15, 0.2) is 42.0 Å². The fraction of sp³-hybridized carbons (Fsp3) is 0.435. The minimum absolute atomic E-state index is 0.0141. The van der Waals surface area contributed by atoms with Crippen molar-refractivity contribution >= 4 is 22.8 Å². The van der Waals surface area contributed by atoms with E-state index in [9.17, 15) is 4.79 Å². The quantitative estimate of drug-likeness (QED) is 0.485. The first-order valence-corrected chi connectivity index (χ1v) is 10.0. The van der Waals surface area contributed by atoms with E-state index in [-0.39, 0.29) is 5.91 Å².